The third-order valence-corrected chi connectivity index (χ3v) is 6.40. The number of aryl methyl sites for hydroxylation is 7. The van der Waals surface area contributed by atoms with E-state index in [2.05, 4.69) is 181 Å². The van der Waals surface area contributed by atoms with Crippen LogP contribution in [0.5, 0.6) is 0 Å². The molecule has 0 heterocycles. The van der Waals surface area contributed by atoms with Gasteiger partial charge in [0.05, 0.1) is 0 Å². The van der Waals surface area contributed by atoms with Gasteiger partial charge in [-0.1, -0.05) is 187 Å². The van der Waals surface area contributed by atoms with Crippen LogP contribution < -0.4 is 0 Å². The van der Waals surface area contributed by atoms with Crippen LogP contribution in [0.3, 0.4) is 0 Å². The maximum Gasteiger partial charge on any atom is 3.00 e. The normalized spacial score (nSPS) is 10.8. The van der Waals surface area contributed by atoms with Gasteiger partial charge in [0.2, 0.25) is 0 Å². The summed E-state index contributed by atoms with van der Waals surface area (Å²) in [6.45, 7) is 37.1. The Morgan fingerprint density at radius 3 is 0.820 bits per heavy atom. The Morgan fingerprint density at radius 2 is 0.640 bits per heavy atom. The van der Waals surface area contributed by atoms with Crippen molar-refractivity contribution in [2.45, 2.75) is 127 Å². The Morgan fingerprint density at radius 1 is 0.420 bits per heavy atom. The number of nitrogens with zero attached hydrogens (tertiary/aromatic N) is 3. The van der Waals surface area contributed by atoms with Crippen LogP contribution in [-0.2, 0) is 21.7 Å². The summed E-state index contributed by atoms with van der Waals surface area (Å²) < 4.78 is 0. The van der Waals surface area contributed by atoms with Gasteiger partial charge in [-0.05, 0) is 48.5 Å². The first-order valence-electron chi connectivity index (χ1n) is 17.2. The molecule has 4 rings (SSSR count). The third-order valence-electron chi connectivity index (χ3n) is 6.40. The molecule has 1 N–H and O–H groups in total. The molecule has 0 saturated carbocycles. The molecule has 50 heavy (non-hydrogen) atoms. The Bertz CT molecular complexity index is 1410. The fraction of sp³-hybridized carbons (Fsp3) is 0.422. The first kappa shape index (κ1) is 46.5. The first-order chi connectivity index (χ1) is 22.3. The van der Waals surface area contributed by atoms with Crippen LogP contribution in [0.4, 0.5) is 17.1 Å². The van der Waals surface area contributed by atoms with Crippen LogP contribution in [0, 0.1) is 48.5 Å². The maximum atomic E-state index is 8.92. The minimum absolute atomic E-state index is 0. The van der Waals surface area contributed by atoms with Crippen molar-refractivity contribution in [2.75, 3.05) is 0 Å². The molecule has 0 spiro atoms. The van der Waals surface area contributed by atoms with E-state index >= 15 is 0 Å². The van der Waals surface area contributed by atoms with Crippen molar-refractivity contribution in [1.29, 1.82) is 0 Å². The third kappa shape index (κ3) is 22.3. The topological polar surface area (TPSA) is 62.5 Å². The van der Waals surface area contributed by atoms with Gasteiger partial charge < -0.3 is 21.1 Å². The molecule has 4 nitrogen and oxygen atoms in total. The summed E-state index contributed by atoms with van der Waals surface area (Å²) in [6, 6.07) is 26.8. The van der Waals surface area contributed by atoms with Gasteiger partial charge in [-0.3, -0.25) is 0 Å². The van der Waals surface area contributed by atoms with Crippen LogP contribution in [0.15, 0.2) is 85.4 Å². The van der Waals surface area contributed by atoms with Gasteiger partial charge in [-0.15, -0.1) is 33.7 Å². The molecule has 0 atom stereocenters. The zero-order valence-electron chi connectivity index (χ0n) is 34.0. The fourth-order valence-corrected chi connectivity index (χ4v) is 4.95. The molecule has 0 bridgehead atoms. The van der Waals surface area contributed by atoms with Gasteiger partial charge in [-0.2, -0.15) is 0 Å². The molecule has 269 valence electrons. The Balaban J connectivity index is 0.000000639. The van der Waals surface area contributed by atoms with Gasteiger partial charge in [0.1, 0.15) is 5.76 Å². The largest absolute Gasteiger partial charge is 3.00 e. The molecule has 0 saturated heterocycles. The monoisotopic (exact) mass is 710 g/mol. The summed E-state index contributed by atoms with van der Waals surface area (Å²) in [7, 11) is 0. The zero-order chi connectivity index (χ0) is 37.7. The average Bonchev–Trinajstić information content (AvgIpc) is 2.85. The molecule has 4 aromatic carbocycles. The molecular weight excluding hydrogens is 646 g/mol. The zero-order valence-corrected chi connectivity index (χ0v) is 35.6. The van der Waals surface area contributed by atoms with Crippen LogP contribution in [0.25, 0.3) is 21.7 Å². The fourth-order valence-electron chi connectivity index (χ4n) is 4.95. The van der Waals surface area contributed by atoms with E-state index in [0.717, 1.165) is 22.6 Å². The molecule has 4 aromatic rings. The first-order valence-corrected chi connectivity index (χ1v) is 17.2. The number of rotatable bonds is 4. The van der Waals surface area contributed by atoms with Crippen LogP contribution in [0.2, 0.25) is 0 Å². The van der Waals surface area contributed by atoms with Crippen molar-refractivity contribution >= 4 is 22.8 Å². The van der Waals surface area contributed by atoms with E-state index in [9.17, 15) is 0 Å². The van der Waals surface area contributed by atoms with Gasteiger partial charge in [0.25, 0.3) is 0 Å². The van der Waals surface area contributed by atoms with Crippen molar-refractivity contribution in [3.05, 3.63) is 146 Å². The Labute approximate surface area is 321 Å². The summed E-state index contributed by atoms with van der Waals surface area (Å²) in [6.07, 6.45) is 0. The molecule has 0 amide bonds. The van der Waals surface area contributed by atoms with E-state index in [4.69, 9.17) is 5.11 Å². The van der Waals surface area contributed by atoms with Crippen molar-refractivity contribution in [2.24, 2.45) is 0 Å². The van der Waals surface area contributed by atoms with Crippen molar-refractivity contribution in [3.63, 3.8) is 0 Å². The molecule has 0 fully saturated rings. The van der Waals surface area contributed by atoms with E-state index in [1.54, 1.807) is 0 Å². The number of benzene rings is 4. The minimum atomic E-state index is 0. The summed E-state index contributed by atoms with van der Waals surface area (Å²) in [4.78, 5) is 0. The number of hydrogen-bond donors (Lipinski definition) is 1. The second kappa shape index (κ2) is 20.4. The number of aliphatic hydroxyl groups is 1. The van der Waals surface area contributed by atoms with Gasteiger partial charge in [0.15, 0.2) is 0 Å². The predicted molar refractivity (Wildman–Crippen MR) is 219 cm³/mol. The van der Waals surface area contributed by atoms with E-state index in [-0.39, 0.29) is 44.1 Å². The van der Waals surface area contributed by atoms with E-state index in [1.807, 2.05) is 31.2 Å². The Kier molecular flexibility index (Phi) is 19.0. The molecule has 0 aliphatic carbocycles. The maximum absolute atomic E-state index is 8.92. The molecule has 0 aromatic heterocycles. The summed E-state index contributed by atoms with van der Waals surface area (Å²) in [5.41, 5.74) is 13.0. The van der Waals surface area contributed by atoms with Gasteiger partial charge in [0, 0.05) is 5.56 Å². The SMILES string of the molecule is C=C(O)c1ccc(C)cc1.Cc1cc(C)cc([N-]C(C)(C)C)c1.Cc1cc(C)cc([N-]C(C)(C)C)c1.Cc1cc(C)cc([N-]C(C)(C)C)c1.[Ti+3]. The quantitative estimate of drug-likeness (QED) is 0.166. The smallest absolute Gasteiger partial charge is 0.680 e. The molecule has 1 radical (unpaired) electrons. The van der Waals surface area contributed by atoms with E-state index in [0.29, 0.717) is 0 Å². The van der Waals surface area contributed by atoms with Crippen molar-refractivity contribution in [3.8, 4) is 0 Å². The predicted octanol–water partition coefficient (Wildman–Crippen LogP) is 14.8. The molecule has 0 aliphatic heterocycles. The van der Waals surface area contributed by atoms with Gasteiger partial charge in [-0.25, -0.2) is 0 Å². The van der Waals surface area contributed by atoms with Gasteiger partial charge >= 0.3 is 21.7 Å². The molecule has 0 aliphatic rings. The molecular formula is C45H64N3OTi. The summed E-state index contributed by atoms with van der Waals surface area (Å²) >= 11 is 0. The minimum Gasteiger partial charge on any atom is -0.680 e. The number of aliphatic hydroxyl groups excluding tert-OH is 1. The van der Waals surface area contributed by atoms with Crippen molar-refractivity contribution < 1.29 is 26.8 Å². The van der Waals surface area contributed by atoms with E-state index in [1.165, 1.54) is 38.9 Å². The van der Waals surface area contributed by atoms with Crippen molar-refractivity contribution in [1.82, 2.24) is 0 Å². The molecule has 5 heteroatoms. The second-order valence-corrected chi connectivity index (χ2v) is 16.2. The Hall–Kier alpha value is -3.47. The summed E-state index contributed by atoms with van der Waals surface area (Å²) in [5, 5.41) is 22.8. The standard InChI is InChI=1S/3C12H18N.C9H10O.Ti/c3*1-9-6-10(2)8-11(7-9)13-12(3,4)5;1-7-3-5-9(6-4-7)8(2)10;/h3*6-8H,1-5H3;3-6,10H,2H2,1H3;/q3*-1;;+3. The number of hydrogen-bond acceptors (Lipinski definition) is 1. The van der Waals surface area contributed by atoms with Crippen LogP contribution in [-0.4, -0.2) is 21.7 Å². The van der Waals surface area contributed by atoms with Crippen LogP contribution in [0.1, 0.15) is 107 Å². The molecule has 0 unspecified atom stereocenters. The average molecular weight is 711 g/mol. The van der Waals surface area contributed by atoms with Crippen LogP contribution >= 0.6 is 0 Å². The van der Waals surface area contributed by atoms with E-state index < -0.39 is 0 Å². The summed E-state index contributed by atoms with van der Waals surface area (Å²) in [5.74, 6) is 0.125. The second-order valence-electron chi connectivity index (χ2n) is 16.2.